The maximum atomic E-state index is 11.5. The van der Waals surface area contributed by atoms with Gasteiger partial charge in [-0.25, -0.2) is 15.0 Å². The van der Waals surface area contributed by atoms with Crippen molar-refractivity contribution in [2.75, 3.05) is 23.3 Å². The first kappa shape index (κ1) is 13.5. The molecule has 0 aromatic carbocycles. The summed E-state index contributed by atoms with van der Waals surface area (Å²) < 4.78 is 0. The Balaban J connectivity index is 1.69. The SMILES string of the molecule is Cc1cc(NC2CCN(c3nc(C)cc(=O)[nH]3)C2)ncn1. The second-order valence-corrected chi connectivity index (χ2v) is 5.33. The van der Waals surface area contributed by atoms with Crippen LogP contribution in [0.2, 0.25) is 0 Å². The molecule has 1 aliphatic heterocycles. The Kier molecular flexibility index (Phi) is 3.55. The van der Waals surface area contributed by atoms with E-state index in [9.17, 15) is 4.79 Å². The van der Waals surface area contributed by atoms with Crippen LogP contribution in [0.25, 0.3) is 0 Å². The molecule has 1 saturated heterocycles. The van der Waals surface area contributed by atoms with E-state index in [1.165, 1.54) is 6.07 Å². The molecule has 0 spiro atoms. The van der Waals surface area contributed by atoms with Gasteiger partial charge in [-0.1, -0.05) is 0 Å². The molecule has 1 aliphatic rings. The van der Waals surface area contributed by atoms with Crippen LogP contribution >= 0.6 is 0 Å². The van der Waals surface area contributed by atoms with Gasteiger partial charge in [-0.15, -0.1) is 0 Å². The number of nitrogens with zero attached hydrogens (tertiary/aromatic N) is 4. The van der Waals surface area contributed by atoms with Gasteiger partial charge in [0.25, 0.3) is 5.56 Å². The first-order valence-corrected chi connectivity index (χ1v) is 6.98. The Bertz CT molecular complexity index is 698. The van der Waals surface area contributed by atoms with Crippen LogP contribution in [-0.2, 0) is 0 Å². The van der Waals surface area contributed by atoms with Crippen molar-refractivity contribution in [1.29, 1.82) is 0 Å². The zero-order chi connectivity index (χ0) is 14.8. The Labute approximate surface area is 122 Å². The third kappa shape index (κ3) is 3.18. The molecule has 0 bridgehead atoms. The van der Waals surface area contributed by atoms with Crippen LogP contribution in [0.5, 0.6) is 0 Å². The Morgan fingerprint density at radius 3 is 2.90 bits per heavy atom. The first-order chi connectivity index (χ1) is 10.1. The average molecular weight is 286 g/mol. The van der Waals surface area contributed by atoms with Gasteiger partial charge in [0, 0.05) is 42.7 Å². The van der Waals surface area contributed by atoms with E-state index in [0.29, 0.717) is 5.95 Å². The molecule has 0 amide bonds. The molecule has 1 unspecified atom stereocenters. The fourth-order valence-electron chi connectivity index (χ4n) is 2.53. The largest absolute Gasteiger partial charge is 0.365 e. The van der Waals surface area contributed by atoms with Gasteiger partial charge in [0.2, 0.25) is 5.95 Å². The molecule has 0 aliphatic carbocycles. The number of nitrogens with one attached hydrogen (secondary N) is 2. The summed E-state index contributed by atoms with van der Waals surface area (Å²) in [6, 6.07) is 3.71. The zero-order valence-electron chi connectivity index (χ0n) is 12.1. The lowest BCUT2D eigenvalue weighted by atomic mass is 10.2. The molecule has 1 atom stereocenters. The van der Waals surface area contributed by atoms with E-state index in [1.807, 2.05) is 19.9 Å². The molecule has 21 heavy (non-hydrogen) atoms. The van der Waals surface area contributed by atoms with Crippen molar-refractivity contribution in [3.05, 3.63) is 40.2 Å². The van der Waals surface area contributed by atoms with Crippen molar-refractivity contribution in [1.82, 2.24) is 19.9 Å². The van der Waals surface area contributed by atoms with Crippen LogP contribution in [-0.4, -0.2) is 39.1 Å². The molecule has 2 N–H and O–H groups in total. The van der Waals surface area contributed by atoms with Crippen LogP contribution in [0.1, 0.15) is 17.8 Å². The second kappa shape index (κ2) is 5.51. The fourth-order valence-corrected chi connectivity index (χ4v) is 2.53. The van der Waals surface area contributed by atoms with Gasteiger partial charge >= 0.3 is 0 Å². The third-order valence-electron chi connectivity index (χ3n) is 3.50. The van der Waals surface area contributed by atoms with Crippen LogP contribution in [0.15, 0.2) is 23.3 Å². The average Bonchev–Trinajstić information content (AvgIpc) is 2.86. The van der Waals surface area contributed by atoms with Crippen LogP contribution in [0.3, 0.4) is 0 Å². The highest BCUT2D eigenvalue weighted by Crippen LogP contribution is 2.18. The van der Waals surface area contributed by atoms with E-state index < -0.39 is 0 Å². The van der Waals surface area contributed by atoms with E-state index in [2.05, 4.69) is 30.2 Å². The number of anilines is 2. The third-order valence-corrected chi connectivity index (χ3v) is 3.50. The predicted octanol–water partition coefficient (Wildman–Crippen LogP) is 0.868. The minimum absolute atomic E-state index is 0.111. The number of hydrogen-bond acceptors (Lipinski definition) is 6. The lowest BCUT2D eigenvalue weighted by molar-refractivity contribution is 0.795. The molecule has 110 valence electrons. The Hall–Kier alpha value is -2.44. The molecule has 1 fully saturated rings. The normalized spacial score (nSPS) is 18.0. The van der Waals surface area contributed by atoms with E-state index in [4.69, 9.17) is 0 Å². The van der Waals surface area contributed by atoms with Crippen LogP contribution in [0.4, 0.5) is 11.8 Å². The number of H-pyrrole nitrogens is 1. The van der Waals surface area contributed by atoms with E-state index in [1.54, 1.807) is 6.33 Å². The zero-order valence-corrected chi connectivity index (χ0v) is 12.1. The topological polar surface area (TPSA) is 86.8 Å². The highest BCUT2D eigenvalue weighted by atomic mass is 16.1. The van der Waals surface area contributed by atoms with Crippen LogP contribution < -0.4 is 15.8 Å². The molecule has 0 saturated carbocycles. The summed E-state index contributed by atoms with van der Waals surface area (Å²) in [6.07, 6.45) is 2.53. The Morgan fingerprint density at radius 1 is 1.29 bits per heavy atom. The summed E-state index contributed by atoms with van der Waals surface area (Å²) in [5.41, 5.74) is 1.56. The fraction of sp³-hybridized carbons (Fsp3) is 0.429. The molecule has 3 heterocycles. The Morgan fingerprint density at radius 2 is 2.14 bits per heavy atom. The molecule has 0 radical (unpaired) electrons. The van der Waals surface area contributed by atoms with Gasteiger partial charge in [-0.2, -0.15) is 0 Å². The van der Waals surface area contributed by atoms with Gasteiger partial charge in [0.15, 0.2) is 0 Å². The van der Waals surface area contributed by atoms with Crippen molar-refractivity contribution < 1.29 is 0 Å². The van der Waals surface area contributed by atoms with E-state index in [-0.39, 0.29) is 11.6 Å². The van der Waals surface area contributed by atoms with Gasteiger partial charge in [0.05, 0.1) is 0 Å². The van der Waals surface area contributed by atoms with Gasteiger partial charge < -0.3 is 10.2 Å². The summed E-state index contributed by atoms with van der Waals surface area (Å²) in [5, 5.41) is 3.40. The smallest absolute Gasteiger partial charge is 0.252 e. The van der Waals surface area contributed by atoms with Gasteiger partial charge in [-0.05, 0) is 20.3 Å². The maximum absolute atomic E-state index is 11.5. The molecule has 2 aromatic heterocycles. The molecular formula is C14H18N6O. The van der Waals surface area contributed by atoms with Crippen molar-refractivity contribution >= 4 is 11.8 Å². The van der Waals surface area contributed by atoms with Crippen molar-refractivity contribution in [3.8, 4) is 0 Å². The van der Waals surface area contributed by atoms with E-state index in [0.717, 1.165) is 36.7 Å². The molecule has 7 heteroatoms. The maximum Gasteiger partial charge on any atom is 0.252 e. The highest BCUT2D eigenvalue weighted by molar-refractivity contribution is 5.39. The molecule has 2 aromatic rings. The quantitative estimate of drug-likeness (QED) is 0.870. The monoisotopic (exact) mass is 286 g/mol. The molecular weight excluding hydrogens is 268 g/mol. The lowest BCUT2D eigenvalue weighted by Crippen LogP contribution is -2.29. The van der Waals surface area contributed by atoms with Crippen molar-refractivity contribution in [2.45, 2.75) is 26.3 Å². The van der Waals surface area contributed by atoms with Gasteiger partial charge in [-0.3, -0.25) is 9.78 Å². The highest BCUT2D eigenvalue weighted by Gasteiger charge is 2.24. The minimum atomic E-state index is -0.111. The number of aromatic nitrogens is 4. The number of aryl methyl sites for hydroxylation is 2. The van der Waals surface area contributed by atoms with Crippen LogP contribution in [0, 0.1) is 13.8 Å². The summed E-state index contributed by atoms with van der Waals surface area (Å²) in [4.78, 5) is 29.1. The summed E-state index contributed by atoms with van der Waals surface area (Å²) in [7, 11) is 0. The van der Waals surface area contributed by atoms with Gasteiger partial charge in [0.1, 0.15) is 12.1 Å². The summed E-state index contributed by atoms with van der Waals surface area (Å²) in [6.45, 7) is 5.41. The molecule has 3 rings (SSSR count). The number of hydrogen-bond donors (Lipinski definition) is 2. The molecule has 7 nitrogen and oxygen atoms in total. The predicted molar refractivity (Wildman–Crippen MR) is 80.6 cm³/mol. The summed E-state index contributed by atoms with van der Waals surface area (Å²) in [5.74, 6) is 1.48. The lowest BCUT2D eigenvalue weighted by Gasteiger charge is -2.18. The minimum Gasteiger partial charge on any atom is -0.365 e. The van der Waals surface area contributed by atoms with E-state index >= 15 is 0 Å². The first-order valence-electron chi connectivity index (χ1n) is 6.98. The van der Waals surface area contributed by atoms with Crippen molar-refractivity contribution in [3.63, 3.8) is 0 Å². The number of rotatable bonds is 3. The summed E-state index contributed by atoms with van der Waals surface area (Å²) >= 11 is 0. The second-order valence-electron chi connectivity index (χ2n) is 5.33. The number of aromatic amines is 1. The standard InChI is InChI=1S/C14H18N6O/c1-9-5-12(16-8-15-9)18-11-3-4-20(7-11)14-17-10(2)6-13(21)19-14/h5-6,8,11H,3-4,7H2,1-2H3,(H,15,16,18)(H,17,19,21). The van der Waals surface area contributed by atoms with Crippen molar-refractivity contribution in [2.24, 2.45) is 0 Å².